The topological polar surface area (TPSA) is 105 Å². The van der Waals surface area contributed by atoms with Crippen LogP contribution in [0.2, 0.25) is 0 Å². The molecule has 1 rings (SSSR count). The van der Waals surface area contributed by atoms with Gasteiger partial charge in [-0.25, -0.2) is 38.7 Å². The maximum absolute atomic E-state index is 11.1. The zero-order valence-electron chi connectivity index (χ0n) is 10.2. The molecule has 1 aliphatic rings. The van der Waals surface area contributed by atoms with Gasteiger partial charge in [-0.1, -0.05) is 0 Å². The Kier molecular flexibility index (Phi) is 6.34. The van der Waals surface area contributed by atoms with Gasteiger partial charge in [0.05, 0.1) is 25.7 Å². The number of rotatable bonds is 0. The molecule has 0 radical (unpaired) electrons. The summed E-state index contributed by atoms with van der Waals surface area (Å²) in [5.41, 5.74) is 0. The molecule has 106 valence electrons. The minimum atomic E-state index is -0.756. The van der Waals surface area contributed by atoms with Gasteiger partial charge in [-0.15, -0.1) is 0 Å². The maximum Gasteiger partial charge on any atom is 0.355 e. The van der Waals surface area contributed by atoms with Crippen LogP contribution in [-0.2, 0) is 38.7 Å². The van der Waals surface area contributed by atoms with E-state index in [1.807, 2.05) is 0 Å². The number of hydrogen-bond donors (Lipinski definition) is 0. The number of carbonyl (C=O) groups is 4. The monoisotopic (exact) mass is 274 g/mol. The molecular weight excluding hydrogens is 260 g/mol. The highest BCUT2D eigenvalue weighted by atomic mass is 17.2. The molecule has 0 N–H and O–H groups in total. The van der Waals surface area contributed by atoms with Crippen LogP contribution in [0.3, 0.4) is 0 Å². The zero-order valence-corrected chi connectivity index (χ0v) is 10.2. The lowest BCUT2D eigenvalue weighted by molar-refractivity contribution is -0.260. The molecule has 1 fully saturated rings. The average molecular weight is 274 g/mol. The van der Waals surface area contributed by atoms with Crippen LogP contribution < -0.4 is 0 Å². The lowest BCUT2D eigenvalue weighted by atomic mass is 10.2. The fourth-order valence-corrected chi connectivity index (χ4v) is 1.27. The van der Waals surface area contributed by atoms with E-state index in [0.717, 1.165) is 0 Å². The van der Waals surface area contributed by atoms with Gasteiger partial charge in [0.25, 0.3) is 0 Å². The third-order valence-corrected chi connectivity index (χ3v) is 2.23. The van der Waals surface area contributed by atoms with Crippen molar-refractivity contribution in [2.75, 3.05) is 0 Å². The van der Waals surface area contributed by atoms with Crippen LogP contribution in [0.5, 0.6) is 0 Å². The molecule has 0 saturated carbocycles. The molecule has 0 aliphatic carbocycles. The van der Waals surface area contributed by atoms with E-state index in [9.17, 15) is 19.2 Å². The highest BCUT2D eigenvalue weighted by molar-refractivity contribution is 5.75. The van der Waals surface area contributed by atoms with Crippen molar-refractivity contribution in [1.82, 2.24) is 0 Å². The minimum absolute atomic E-state index is 0.0142. The fraction of sp³-hybridized carbons (Fsp3) is 0.636. The predicted octanol–water partition coefficient (Wildman–Crippen LogP) is 0.734. The Morgan fingerprint density at radius 3 is 1.05 bits per heavy atom. The molecule has 8 heteroatoms. The van der Waals surface area contributed by atoms with E-state index in [-0.39, 0.29) is 32.1 Å². The van der Waals surface area contributed by atoms with Crippen LogP contribution in [-0.4, -0.2) is 23.9 Å². The van der Waals surface area contributed by atoms with E-state index in [1.165, 1.54) is 0 Å². The van der Waals surface area contributed by atoms with Crippen LogP contribution >= 0.6 is 0 Å². The van der Waals surface area contributed by atoms with E-state index in [4.69, 9.17) is 0 Å². The van der Waals surface area contributed by atoms with Crippen molar-refractivity contribution in [3.63, 3.8) is 0 Å². The van der Waals surface area contributed by atoms with E-state index in [1.54, 1.807) is 0 Å². The SMILES string of the molecule is O=C1CCCCC(=O)OOC(=O)CCCC(=O)OO1. The molecule has 0 atom stereocenters. The van der Waals surface area contributed by atoms with E-state index >= 15 is 0 Å². The molecule has 0 unspecified atom stereocenters. The van der Waals surface area contributed by atoms with E-state index < -0.39 is 23.9 Å². The van der Waals surface area contributed by atoms with E-state index in [2.05, 4.69) is 19.6 Å². The molecule has 0 spiro atoms. The Labute approximate surface area is 108 Å². The summed E-state index contributed by atoms with van der Waals surface area (Å²) in [5, 5.41) is 0. The molecule has 1 aliphatic heterocycles. The van der Waals surface area contributed by atoms with Crippen molar-refractivity contribution < 1.29 is 38.7 Å². The Morgan fingerprint density at radius 2 is 0.737 bits per heavy atom. The first-order valence-electron chi connectivity index (χ1n) is 5.88. The first-order valence-corrected chi connectivity index (χ1v) is 5.88. The van der Waals surface area contributed by atoms with Gasteiger partial charge in [-0.05, 0) is 19.3 Å². The summed E-state index contributed by atoms with van der Waals surface area (Å²) in [4.78, 5) is 61.4. The first-order chi connectivity index (χ1) is 9.08. The molecule has 0 aromatic carbocycles. The van der Waals surface area contributed by atoms with Crippen LogP contribution in [0.4, 0.5) is 0 Å². The second kappa shape index (κ2) is 8.06. The Hall–Kier alpha value is -2.12. The molecule has 1 saturated heterocycles. The summed E-state index contributed by atoms with van der Waals surface area (Å²) in [7, 11) is 0. The number of hydrogen-bond acceptors (Lipinski definition) is 8. The third kappa shape index (κ3) is 7.02. The highest BCUT2D eigenvalue weighted by Crippen LogP contribution is 2.06. The Balaban J connectivity index is 2.45. The molecule has 0 aromatic heterocycles. The highest BCUT2D eigenvalue weighted by Gasteiger charge is 2.15. The molecule has 0 aromatic rings. The fourth-order valence-electron chi connectivity index (χ4n) is 1.27. The normalized spacial score (nSPS) is 20.2. The molecule has 19 heavy (non-hydrogen) atoms. The maximum atomic E-state index is 11.1. The molecular formula is C11H14O8. The lowest BCUT2D eigenvalue weighted by Crippen LogP contribution is -2.12. The van der Waals surface area contributed by atoms with E-state index in [0.29, 0.717) is 12.8 Å². The van der Waals surface area contributed by atoms with Gasteiger partial charge in [-0.3, -0.25) is 0 Å². The van der Waals surface area contributed by atoms with Gasteiger partial charge in [0.15, 0.2) is 0 Å². The van der Waals surface area contributed by atoms with Crippen molar-refractivity contribution in [3.05, 3.63) is 0 Å². The first kappa shape index (κ1) is 14.9. The van der Waals surface area contributed by atoms with Gasteiger partial charge >= 0.3 is 23.9 Å². The summed E-state index contributed by atoms with van der Waals surface area (Å²) in [6, 6.07) is 0. The molecule has 8 nitrogen and oxygen atoms in total. The van der Waals surface area contributed by atoms with Crippen LogP contribution in [0, 0.1) is 0 Å². The van der Waals surface area contributed by atoms with Crippen molar-refractivity contribution in [2.24, 2.45) is 0 Å². The summed E-state index contributed by atoms with van der Waals surface area (Å²) >= 11 is 0. The van der Waals surface area contributed by atoms with Gasteiger partial charge in [0.1, 0.15) is 0 Å². The summed E-state index contributed by atoms with van der Waals surface area (Å²) in [5.74, 6) is -2.89. The van der Waals surface area contributed by atoms with Crippen molar-refractivity contribution in [3.8, 4) is 0 Å². The quantitative estimate of drug-likeness (QED) is 0.595. The van der Waals surface area contributed by atoms with Crippen molar-refractivity contribution in [1.29, 1.82) is 0 Å². The van der Waals surface area contributed by atoms with Gasteiger partial charge in [0, 0.05) is 0 Å². The smallest absolute Gasteiger partial charge is 0.247 e. The zero-order chi connectivity index (χ0) is 14.1. The lowest BCUT2D eigenvalue weighted by Gasteiger charge is -2.02. The van der Waals surface area contributed by atoms with Crippen LogP contribution in [0.25, 0.3) is 0 Å². The second-order valence-corrected chi connectivity index (χ2v) is 3.88. The van der Waals surface area contributed by atoms with Gasteiger partial charge in [-0.2, -0.15) is 0 Å². The Morgan fingerprint density at radius 1 is 0.474 bits per heavy atom. The molecule has 0 bridgehead atoms. The predicted molar refractivity (Wildman–Crippen MR) is 56.7 cm³/mol. The molecule has 1 heterocycles. The Bertz CT molecular complexity index is 328. The van der Waals surface area contributed by atoms with Crippen LogP contribution in [0.1, 0.15) is 44.9 Å². The number of carbonyl (C=O) groups excluding carboxylic acids is 4. The van der Waals surface area contributed by atoms with Gasteiger partial charge < -0.3 is 0 Å². The van der Waals surface area contributed by atoms with Crippen molar-refractivity contribution >= 4 is 23.9 Å². The minimum Gasteiger partial charge on any atom is -0.247 e. The average Bonchev–Trinajstić information content (AvgIpc) is 2.38. The largest absolute Gasteiger partial charge is 0.355 e. The second-order valence-electron chi connectivity index (χ2n) is 3.88. The standard InChI is InChI=1S/C11H14O8/c12-8-4-1-2-5-9(13)17-19-11(15)7-3-6-10(14)18-16-8/h1-7H2. The van der Waals surface area contributed by atoms with Gasteiger partial charge in [0.2, 0.25) is 0 Å². The summed E-state index contributed by atoms with van der Waals surface area (Å²) < 4.78 is 0. The van der Waals surface area contributed by atoms with Crippen LogP contribution in [0.15, 0.2) is 0 Å². The van der Waals surface area contributed by atoms with Crippen molar-refractivity contribution in [2.45, 2.75) is 44.9 Å². The summed E-state index contributed by atoms with van der Waals surface area (Å²) in [6.07, 6.45) is 0.652. The third-order valence-electron chi connectivity index (χ3n) is 2.23. The molecule has 0 amide bonds. The summed E-state index contributed by atoms with van der Waals surface area (Å²) in [6.45, 7) is 0.